The molecule has 1 aromatic carbocycles. The van der Waals surface area contributed by atoms with E-state index in [2.05, 4.69) is 15.5 Å². The zero-order valence-electron chi connectivity index (χ0n) is 19.3. The summed E-state index contributed by atoms with van der Waals surface area (Å²) < 4.78 is 11.1. The highest BCUT2D eigenvalue weighted by molar-refractivity contribution is 5.97. The summed E-state index contributed by atoms with van der Waals surface area (Å²) in [6, 6.07) is 10.1. The van der Waals surface area contributed by atoms with E-state index in [-0.39, 0.29) is 23.8 Å². The van der Waals surface area contributed by atoms with Crippen LogP contribution in [-0.4, -0.2) is 49.0 Å². The van der Waals surface area contributed by atoms with Crippen molar-refractivity contribution in [2.24, 2.45) is 5.92 Å². The highest BCUT2D eigenvalue weighted by Gasteiger charge is 2.28. The largest absolute Gasteiger partial charge is 0.494 e. The summed E-state index contributed by atoms with van der Waals surface area (Å²) in [7, 11) is 0. The lowest BCUT2D eigenvalue weighted by Crippen LogP contribution is -2.51. The molecule has 1 aromatic heterocycles. The van der Waals surface area contributed by atoms with Crippen LogP contribution < -0.4 is 15.4 Å². The first-order valence-electron chi connectivity index (χ1n) is 11.6. The molecule has 0 radical (unpaired) electrons. The monoisotopic (exact) mass is 441 g/mol. The van der Waals surface area contributed by atoms with Crippen LogP contribution >= 0.6 is 0 Å². The van der Waals surface area contributed by atoms with Crippen LogP contribution in [0, 0.1) is 5.92 Å². The molecule has 1 fully saturated rings. The lowest BCUT2D eigenvalue weighted by atomic mass is 10.0. The van der Waals surface area contributed by atoms with Gasteiger partial charge in [-0.1, -0.05) is 20.3 Å². The van der Waals surface area contributed by atoms with E-state index < -0.39 is 6.04 Å². The fraction of sp³-hybridized carbons (Fsp3) is 0.520. The Balaban J connectivity index is 1.62. The maximum Gasteiger partial charge on any atom is 0.251 e. The normalized spacial score (nSPS) is 16.4. The SMILES string of the molecule is CCOc1ccc(C(=O)NC(C(=O)NCC(c2ccco2)N2CCCCC2)C(C)C)cc1. The second-order valence-electron chi connectivity index (χ2n) is 8.53. The van der Waals surface area contributed by atoms with Crippen LogP contribution in [0.3, 0.4) is 0 Å². The number of piperidine rings is 1. The van der Waals surface area contributed by atoms with Crippen LogP contribution in [0.4, 0.5) is 0 Å². The van der Waals surface area contributed by atoms with Crippen LogP contribution in [0.1, 0.15) is 62.2 Å². The Morgan fingerprint density at radius 1 is 1.09 bits per heavy atom. The minimum Gasteiger partial charge on any atom is -0.494 e. The van der Waals surface area contributed by atoms with Gasteiger partial charge in [-0.05, 0) is 75.2 Å². The van der Waals surface area contributed by atoms with E-state index in [1.165, 1.54) is 6.42 Å². The minimum atomic E-state index is -0.632. The first kappa shape index (κ1) is 23.9. The standard InChI is InChI=1S/C25H35N3O4/c1-4-31-20-12-10-19(11-13-20)24(29)27-23(18(2)3)25(30)26-17-21(22-9-8-16-32-22)28-14-6-5-7-15-28/h8-13,16,18,21,23H,4-7,14-15,17H2,1-3H3,(H,26,30)(H,27,29). The summed E-state index contributed by atoms with van der Waals surface area (Å²) in [6.07, 6.45) is 5.21. The smallest absolute Gasteiger partial charge is 0.251 e. The molecule has 7 heteroatoms. The number of carbonyl (C=O) groups excluding carboxylic acids is 2. The van der Waals surface area contributed by atoms with Crippen molar-refractivity contribution in [2.75, 3.05) is 26.2 Å². The van der Waals surface area contributed by atoms with Crippen molar-refractivity contribution < 1.29 is 18.7 Å². The van der Waals surface area contributed by atoms with Gasteiger partial charge in [0, 0.05) is 12.1 Å². The predicted molar refractivity (Wildman–Crippen MR) is 124 cm³/mol. The molecule has 0 bridgehead atoms. The first-order chi connectivity index (χ1) is 15.5. The number of benzene rings is 1. The van der Waals surface area contributed by atoms with E-state index in [1.807, 2.05) is 32.9 Å². The molecule has 2 heterocycles. The van der Waals surface area contributed by atoms with Gasteiger partial charge in [0.15, 0.2) is 0 Å². The van der Waals surface area contributed by atoms with Gasteiger partial charge < -0.3 is 19.8 Å². The molecule has 32 heavy (non-hydrogen) atoms. The van der Waals surface area contributed by atoms with E-state index in [0.29, 0.717) is 24.5 Å². The molecule has 2 unspecified atom stereocenters. The van der Waals surface area contributed by atoms with Crippen molar-refractivity contribution in [3.63, 3.8) is 0 Å². The fourth-order valence-corrected chi connectivity index (χ4v) is 4.06. The number of furan rings is 1. The number of carbonyl (C=O) groups is 2. The third-order valence-electron chi connectivity index (χ3n) is 5.84. The van der Waals surface area contributed by atoms with Gasteiger partial charge in [0.2, 0.25) is 5.91 Å². The Morgan fingerprint density at radius 3 is 2.41 bits per heavy atom. The highest BCUT2D eigenvalue weighted by Crippen LogP contribution is 2.24. The summed E-state index contributed by atoms with van der Waals surface area (Å²) in [6.45, 7) is 8.75. The quantitative estimate of drug-likeness (QED) is 0.586. The number of nitrogens with one attached hydrogen (secondary N) is 2. The Hall–Kier alpha value is -2.80. The van der Waals surface area contributed by atoms with E-state index in [9.17, 15) is 9.59 Å². The van der Waals surface area contributed by atoms with Crippen molar-refractivity contribution >= 4 is 11.8 Å². The zero-order chi connectivity index (χ0) is 22.9. The lowest BCUT2D eigenvalue weighted by molar-refractivity contribution is -0.124. The number of nitrogens with zero attached hydrogens (tertiary/aromatic N) is 1. The van der Waals surface area contributed by atoms with Crippen LogP contribution in [0.15, 0.2) is 47.1 Å². The molecule has 2 N–H and O–H groups in total. The Kier molecular flexibility index (Phi) is 8.73. The number of hydrogen-bond donors (Lipinski definition) is 2. The van der Waals surface area contributed by atoms with Gasteiger partial charge in [0.25, 0.3) is 5.91 Å². The average molecular weight is 442 g/mol. The van der Waals surface area contributed by atoms with Gasteiger partial charge >= 0.3 is 0 Å². The molecule has 0 aliphatic carbocycles. The molecule has 2 aromatic rings. The molecule has 7 nitrogen and oxygen atoms in total. The van der Waals surface area contributed by atoms with Crippen LogP contribution in [-0.2, 0) is 4.79 Å². The Bertz CT molecular complexity index is 843. The number of hydrogen-bond acceptors (Lipinski definition) is 5. The van der Waals surface area contributed by atoms with Crippen LogP contribution in [0.2, 0.25) is 0 Å². The number of rotatable bonds is 10. The number of ether oxygens (including phenoxy) is 1. The second kappa shape index (κ2) is 11.7. The van der Waals surface area contributed by atoms with Crippen molar-refractivity contribution in [3.8, 4) is 5.75 Å². The maximum atomic E-state index is 13.1. The van der Waals surface area contributed by atoms with Crippen molar-refractivity contribution in [1.29, 1.82) is 0 Å². The molecule has 3 rings (SSSR count). The molecule has 174 valence electrons. The highest BCUT2D eigenvalue weighted by atomic mass is 16.5. The summed E-state index contributed by atoms with van der Waals surface area (Å²) in [5, 5.41) is 5.95. The Labute approximate surface area is 190 Å². The summed E-state index contributed by atoms with van der Waals surface area (Å²) >= 11 is 0. The van der Waals surface area contributed by atoms with Crippen molar-refractivity contribution in [3.05, 3.63) is 54.0 Å². The molecule has 0 spiro atoms. The zero-order valence-corrected chi connectivity index (χ0v) is 19.3. The van der Waals surface area contributed by atoms with Gasteiger partial charge in [0.1, 0.15) is 17.6 Å². The van der Waals surface area contributed by atoms with E-state index in [0.717, 1.165) is 31.7 Å². The van der Waals surface area contributed by atoms with E-state index >= 15 is 0 Å². The van der Waals surface area contributed by atoms with Crippen molar-refractivity contribution in [1.82, 2.24) is 15.5 Å². The van der Waals surface area contributed by atoms with Crippen LogP contribution in [0.5, 0.6) is 5.75 Å². The van der Waals surface area contributed by atoms with Gasteiger partial charge in [-0.3, -0.25) is 14.5 Å². The lowest BCUT2D eigenvalue weighted by Gasteiger charge is -2.34. The third kappa shape index (κ3) is 6.36. The second-order valence-corrected chi connectivity index (χ2v) is 8.53. The van der Waals surface area contributed by atoms with E-state index in [4.69, 9.17) is 9.15 Å². The van der Waals surface area contributed by atoms with Crippen LogP contribution in [0.25, 0.3) is 0 Å². The molecular formula is C25H35N3O4. The molecule has 2 atom stereocenters. The molecule has 1 aliphatic heterocycles. The average Bonchev–Trinajstić information content (AvgIpc) is 3.33. The fourth-order valence-electron chi connectivity index (χ4n) is 4.06. The minimum absolute atomic E-state index is 0.0103. The topological polar surface area (TPSA) is 83.8 Å². The molecular weight excluding hydrogens is 406 g/mol. The number of likely N-dealkylation sites (tertiary alicyclic amines) is 1. The molecule has 2 amide bonds. The van der Waals surface area contributed by atoms with Crippen molar-refractivity contribution in [2.45, 2.75) is 52.1 Å². The predicted octanol–water partition coefficient (Wildman–Crippen LogP) is 3.78. The molecule has 0 saturated carbocycles. The summed E-state index contributed by atoms with van der Waals surface area (Å²) in [5.41, 5.74) is 0.494. The van der Waals surface area contributed by atoms with Gasteiger partial charge in [-0.15, -0.1) is 0 Å². The molecule has 1 aliphatic rings. The number of amides is 2. The van der Waals surface area contributed by atoms with Gasteiger partial charge in [-0.2, -0.15) is 0 Å². The third-order valence-corrected chi connectivity index (χ3v) is 5.84. The van der Waals surface area contributed by atoms with Gasteiger partial charge in [-0.25, -0.2) is 0 Å². The molecule has 1 saturated heterocycles. The summed E-state index contributed by atoms with van der Waals surface area (Å²) in [5.74, 6) is 1.04. The summed E-state index contributed by atoms with van der Waals surface area (Å²) in [4.78, 5) is 28.2. The van der Waals surface area contributed by atoms with Gasteiger partial charge in [0.05, 0.1) is 18.9 Å². The van der Waals surface area contributed by atoms with E-state index in [1.54, 1.807) is 30.5 Å². The Morgan fingerprint density at radius 2 is 1.81 bits per heavy atom. The maximum absolute atomic E-state index is 13.1. The first-order valence-corrected chi connectivity index (χ1v) is 11.6.